The molecule has 1 amide bonds. The number of carbonyl (C=O) groups excluding carboxylic acids is 1. The molecule has 3 aromatic rings. The number of fused-ring (bicyclic) bond motifs is 1. The fraction of sp³-hybridized carbons (Fsp3) is 0.238. The van der Waals surface area contributed by atoms with Gasteiger partial charge in [0, 0.05) is 36.3 Å². The highest BCUT2D eigenvalue weighted by atomic mass is 35.5. The fourth-order valence-corrected chi connectivity index (χ4v) is 3.62. The van der Waals surface area contributed by atoms with Crippen molar-refractivity contribution in [3.05, 3.63) is 71.1 Å². The first kappa shape index (κ1) is 17.7. The maximum Gasteiger partial charge on any atom is 0.251 e. The first-order valence-corrected chi connectivity index (χ1v) is 9.31. The van der Waals surface area contributed by atoms with Gasteiger partial charge in [0.25, 0.3) is 5.91 Å². The lowest BCUT2D eigenvalue weighted by Crippen LogP contribution is -2.31. The van der Waals surface area contributed by atoms with Gasteiger partial charge in [-0.15, -0.1) is 0 Å². The summed E-state index contributed by atoms with van der Waals surface area (Å²) >= 11 is 5.89. The molecule has 1 aliphatic heterocycles. The Bertz CT molecular complexity index is 977. The molecule has 4 rings (SSSR count). The number of benzene rings is 2. The zero-order valence-electron chi connectivity index (χ0n) is 14.7. The number of amides is 1. The fourth-order valence-electron chi connectivity index (χ4n) is 3.47. The predicted molar refractivity (Wildman–Crippen MR) is 106 cm³/mol. The van der Waals surface area contributed by atoms with Crippen LogP contribution in [-0.4, -0.2) is 30.5 Å². The van der Waals surface area contributed by atoms with E-state index in [2.05, 4.69) is 15.2 Å². The summed E-state index contributed by atoms with van der Waals surface area (Å²) in [5, 5.41) is 4.35. The first-order valence-electron chi connectivity index (χ1n) is 8.93. The number of nitrogens with zero attached hydrogens (tertiary/aromatic N) is 2. The van der Waals surface area contributed by atoms with Crippen molar-refractivity contribution in [3.63, 3.8) is 0 Å². The molecule has 0 aliphatic carbocycles. The van der Waals surface area contributed by atoms with E-state index in [0.29, 0.717) is 23.2 Å². The molecule has 1 unspecified atom stereocenters. The minimum absolute atomic E-state index is 0.0907. The number of nitrogens with one attached hydrogen (secondary N) is 1. The Morgan fingerprint density at radius 3 is 2.81 bits per heavy atom. The van der Waals surface area contributed by atoms with Crippen molar-refractivity contribution in [2.75, 3.05) is 24.5 Å². The van der Waals surface area contributed by atoms with Crippen molar-refractivity contribution in [2.24, 2.45) is 5.92 Å². The molecule has 1 N–H and O–H groups in total. The second kappa shape index (κ2) is 7.53. The van der Waals surface area contributed by atoms with E-state index < -0.39 is 0 Å². The molecule has 0 saturated carbocycles. The van der Waals surface area contributed by atoms with Gasteiger partial charge >= 0.3 is 0 Å². The lowest BCUT2D eigenvalue weighted by Gasteiger charge is -2.18. The van der Waals surface area contributed by atoms with Crippen molar-refractivity contribution in [3.8, 4) is 0 Å². The molecule has 138 valence electrons. The van der Waals surface area contributed by atoms with Gasteiger partial charge in [-0.3, -0.25) is 4.79 Å². The van der Waals surface area contributed by atoms with Crippen LogP contribution in [0.1, 0.15) is 16.8 Å². The molecular weight excluding hydrogens is 365 g/mol. The van der Waals surface area contributed by atoms with Crippen LogP contribution < -0.4 is 10.2 Å². The van der Waals surface area contributed by atoms with Gasteiger partial charge in [0.1, 0.15) is 11.0 Å². The molecule has 0 spiro atoms. The van der Waals surface area contributed by atoms with Crippen LogP contribution in [0.3, 0.4) is 0 Å². The van der Waals surface area contributed by atoms with Crippen molar-refractivity contribution in [1.82, 2.24) is 10.3 Å². The third-order valence-electron chi connectivity index (χ3n) is 4.95. The molecule has 1 aliphatic rings. The zero-order valence-corrected chi connectivity index (χ0v) is 15.4. The first-order chi connectivity index (χ1) is 13.1. The second-order valence-corrected chi connectivity index (χ2v) is 7.22. The molecule has 1 saturated heterocycles. The minimum Gasteiger partial charge on any atom is -0.371 e. The van der Waals surface area contributed by atoms with Crippen LogP contribution in [0.5, 0.6) is 0 Å². The second-order valence-electron chi connectivity index (χ2n) is 6.83. The summed E-state index contributed by atoms with van der Waals surface area (Å²) in [6, 6.07) is 15.5. The molecule has 6 heteroatoms. The number of hydrogen-bond acceptors (Lipinski definition) is 3. The lowest BCUT2D eigenvalue weighted by molar-refractivity contribution is 0.0948. The summed E-state index contributed by atoms with van der Waals surface area (Å²) in [5.74, 6) is 0.0571. The highest BCUT2D eigenvalue weighted by molar-refractivity contribution is 6.29. The molecular formula is C21H19ClFN3O. The Labute approximate surface area is 162 Å². The molecule has 1 atom stereocenters. The van der Waals surface area contributed by atoms with E-state index in [1.807, 2.05) is 18.2 Å². The predicted octanol–water partition coefficient (Wildman–Crippen LogP) is 4.28. The standard InChI is InChI=1S/C21H19ClFN3O/c22-20-8-2-15-11-16(1-7-19(15)25-20)21(27)24-12-14-9-10-26(13-14)18-5-3-17(23)4-6-18/h1-8,11,14H,9-10,12-13H2,(H,24,27). The van der Waals surface area contributed by atoms with Gasteiger partial charge in [-0.1, -0.05) is 11.6 Å². The third-order valence-corrected chi connectivity index (χ3v) is 5.16. The highest BCUT2D eigenvalue weighted by Gasteiger charge is 2.23. The summed E-state index contributed by atoms with van der Waals surface area (Å²) in [4.78, 5) is 18.9. The molecule has 4 nitrogen and oxygen atoms in total. The molecule has 2 aromatic carbocycles. The van der Waals surface area contributed by atoms with Crippen LogP contribution in [0.4, 0.5) is 10.1 Å². The van der Waals surface area contributed by atoms with Gasteiger partial charge in [-0.25, -0.2) is 9.37 Å². The number of pyridine rings is 1. The Hall–Kier alpha value is -2.66. The van der Waals surface area contributed by atoms with E-state index in [1.54, 1.807) is 24.3 Å². The van der Waals surface area contributed by atoms with E-state index in [-0.39, 0.29) is 11.7 Å². The topological polar surface area (TPSA) is 45.2 Å². The molecule has 0 bridgehead atoms. The smallest absolute Gasteiger partial charge is 0.251 e. The van der Waals surface area contributed by atoms with Gasteiger partial charge in [0.2, 0.25) is 0 Å². The molecule has 27 heavy (non-hydrogen) atoms. The van der Waals surface area contributed by atoms with Crippen LogP contribution in [0, 0.1) is 11.7 Å². The van der Waals surface area contributed by atoms with Gasteiger partial charge in [-0.2, -0.15) is 0 Å². The van der Waals surface area contributed by atoms with Crippen molar-refractivity contribution in [1.29, 1.82) is 0 Å². The molecule has 2 heterocycles. The van der Waals surface area contributed by atoms with Crippen molar-refractivity contribution >= 4 is 34.1 Å². The number of halogens is 2. The number of anilines is 1. The van der Waals surface area contributed by atoms with E-state index >= 15 is 0 Å². The Balaban J connectivity index is 1.35. The largest absolute Gasteiger partial charge is 0.371 e. The van der Waals surface area contributed by atoms with Gasteiger partial charge in [0.15, 0.2) is 0 Å². The van der Waals surface area contributed by atoms with E-state index in [1.165, 1.54) is 12.1 Å². The number of carbonyl (C=O) groups is 1. The summed E-state index contributed by atoms with van der Waals surface area (Å²) in [6.45, 7) is 2.38. The molecule has 1 fully saturated rings. The average molecular weight is 384 g/mol. The minimum atomic E-state index is -0.227. The summed E-state index contributed by atoms with van der Waals surface area (Å²) < 4.78 is 13.1. The molecule has 0 radical (unpaired) electrons. The van der Waals surface area contributed by atoms with Crippen molar-refractivity contribution < 1.29 is 9.18 Å². The van der Waals surface area contributed by atoms with E-state index in [9.17, 15) is 9.18 Å². The Morgan fingerprint density at radius 2 is 2.00 bits per heavy atom. The highest BCUT2D eigenvalue weighted by Crippen LogP contribution is 2.24. The Morgan fingerprint density at radius 1 is 1.19 bits per heavy atom. The maximum absolute atomic E-state index is 13.1. The summed E-state index contributed by atoms with van der Waals surface area (Å²) in [5.41, 5.74) is 2.40. The van der Waals surface area contributed by atoms with E-state index in [4.69, 9.17) is 11.6 Å². The van der Waals surface area contributed by atoms with Crippen LogP contribution in [0.15, 0.2) is 54.6 Å². The maximum atomic E-state index is 13.1. The van der Waals surface area contributed by atoms with Crippen molar-refractivity contribution in [2.45, 2.75) is 6.42 Å². The third kappa shape index (κ3) is 4.03. The Kier molecular flexibility index (Phi) is 4.94. The van der Waals surface area contributed by atoms with Crippen LogP contribution in [-0.2, 0) is 0 Å². The number of aromatic nitrogens is 1. The monoisotopic (exact) mass is 383 g/mol. The quantitative estimate of drug-likeness (QED) is 0.684. The molecule has 1 aromatic heterocycles. The number of hydrogen-bond donors (Lipinski definition) is 1. The normalized spacial score (nSPS) is 16.7. The summed E-state index contributed by atoms with van der Waals surface area (Å²) in [6.07, 6.45) is 0.998. The van der Waals surface area contributed by atoms with Gasteiger partial charge in [0.05, 0.1) is 5.52 Å². The number of rotatable bonds is 4. The van der Waals surface area contributed by atoms with Crippen LogP contribution in [0.2, 0.25) is 5.15 Å². The zero-order chi connectivity index (χ0) is 18.8. The summed E-state index contributed by atoms with van der Waals surface area (Å²) in [7, 11) is 0. The lowest BCUT2D eigenvalue weighted by atomic mass is 10.1. The van der Waals surface area contributed by atoms with Gasteiger partial charge < -0.3 is 10.2 Å². The SMILES string of the molecule is O=C(NCC1CCN(c2ccc(F)cc2)C1)c1ccc2nc(Cl)ccc2c1. The van der Waals surface area contributed by atoms with Gasteiger partial charge in [-0.05, 0) is 66.9 Å². The van der Waals surface area contributed by atoms with E-state index in [0.717, 1.165) is 36.1 Å². The van der Waals surface area contributed by atoms with Crippen LogP contribution in [0.25, 0.3) is 10.9 Å². The average Bonchev–Trinajstić information content (AvgIpc) is 3.15. The van der Waals surface area contributed by atoms with Crippen LogP contribution >= 0.6 is 11.6 Å².